The molecule has 0 amide bonds. The number of hydrogen-bond acceptors (Lipinski definition) is 8. The molecule has 2 heterocycles. The molecule has 3 aromatic rings. The van der Waals surface area contributed by atoms with Crippen molar-refractivity contribution in [3.05, 3.63) is 76.7 Å². The number of rotatable bonds is 6. The van der Waals surface area contributed by atoms with E-state index in [9.17, 15) is 14.7 Å². The number of carbonyl (C=O) groups excluding carboxylic acids is 2. The second-order valence-corrected chi connectivity index (χ2v) is 8.30. The normalized spacial score (nSPS) is 16.0. The molecule has 5 rings (SSSR count). The average Bonchev–Trinajstić information content (AvgIpc) is 3.36. The van der Waals surface area contributed by atoms with Crippen LogP contribution in [0, 0.1) is 0 Å². The SMILES string of the molecule is Nc1c(N2CCN(CCO)CC2)cc(NCc2ccco2)c2c1C(=O)c1ccccc1C2=O. The minimum Gasteiger partial charge on any atom is -0.467 e. The van der Waals surface area contributed by atoms with Gasteiger partial charge in [0.05, 0.1) is 41.9 Å². The summed E-state index contributed by atoms with van der Waals surface area (Å²) in [5.41, 5.74) is 9.55. The second kappa shape index (κ2) is 8.73. The maximum atomic E-state index is 13.5. The molecule has 2 aromatic carbocycles. The number of nitrogens with one attached hydrogen (secondary N) is 1. The van der Waals surface area contributed by atoms with E-state index in [2.05, 4.69) is 15.1 Å². The van der Waals surface area contributed by atoms with Gasteiger partial charge in [0.15, 0.2) is 11.6 Å². The molecule has 0 bridgehead atoms. The molecular formula is C25H26N4O4. The Labute approximate surface area is 191 Å². The number of nitrogen functional groups attached to an aromatic ring is 1. The van der Waals surface area contributed by atoms with E-state index in [1.54, 1.807) is 36.6 Å². The molecule has 0 unspecified atom stereocenters. The minimum atomic E-state index is -0.237. The predicted octanol–water partition coefficient (Wildman–Crippen LogP) is 2.36. The van der Waals surface area contributed by atoms with Crippen LogP contribution in [-0.2, 0) is 6.54 Å². The maximum absolute atomic E-state index is 13.5. The first kappa shape index (κ1) is 21.2. The lowest BCUT2D eigenvalue weighted by molar-refractivity contribution is 0.0980. The third-order valence-corrected chi connectivity index (χ3v) is 6.38. The van der Waals surface area contributed by atoms with Gasteiger partial charge < -0.3 is 25.5 Å². The number of β-amino-alcohol motifs (C(OH)–C–C–N with tert-alkyl or cyclic N) is 1. The number of fused-ring (bicyclic) bond motifs is 2. The van der Waals surface area contributed by atoms with E-state index >= 15 is 0 Å². The molecule has 1 aliphatic carbocycles. The van der Waals surface area contributed by atoms with Gasteiger partial charge in [-0.15, -0.1) is 0 Å². The van der Waals surface area contributed by atoms with E-state index < -0.39 is 0 Å². The number of carbonyl (C=O) groups is 2. The number of piperazine rings is 1. The largest absolute Gasteiger partial charge is 0.467 e. The first-order chi connectivity index (χ1) is 16.1. The van der Waals surface area contributed by atoms with Gasteiger partial charge in [-0.05, 0) is 18.2 Å². The topological polar surface area (TPSA) is 112 Å². The van der Waals surface area contributed by atoms with Gasteiger partial charge in [0.1, 0.15) is 5.76 Å². The third-order valence-electron chi connectivity index (χ3n) is 6.38. The van der Waals surface area contributed by atoms with Crippen molar-refractivity contribution in [1.29, 1.82) is 0 Å². The molecule has 1 aromatic heterocycles. The summed E-state index contributed by atoms with van der Waals surface area (Å²) in [6, 6.07) is 12.4. The van der Waals surface area contributed by atoms with E-state index in [1.807, 2.05) is 12.1 Å². The van der Waals surface area contributed by atoms with E-state index in [0.717, 1.165) is 24.5 Å². The number of hydrogen-bond donors (Lipinski definition) is 3. The highest BCUT2D eigenvalue weighted by molar-refractivity contribution is 6.32. The number of benzene rings is 2. The molecule has 0 atom stereocenters. The van der Waals surface area contributed by atoms with Gasteiger partial charge in [0.2, 0.25) is 0 Å². The molecule has 0 radical (unpaired) electrons. The number of aliphatic hydroxyl groups is 1. The molecule has 8 heteroatoms. The first-order valence-corrected chi connectivity index (χ1v) is 11.1. The van der Waals surface area contributed by atoms with Crippen molar-refractivity contribution in [2.75, 3.05) is 55.3 Å². The van der Waals surface area contributed by atoms with E-state index in [-0.39, 0.29) is 23.7 Å². The van der Waals surface area contributed by atoms with Crippen LogP contribution in [0.15, 0.2) is 53.1 Å². The van der Waals surface area contributed by atoms with Crippen LogP contribution in [0.4, 0.5) is 17.1 Å². The van der Waals surface area contributed by atoms with Crippen LogP contribution in [0.5, 0.6) is 0 Å². The summed E-state index contributed by atoms with van der Waals surface area (Å²) < 4.78 is 5.43. The summed E-state index contributed by atoms with van der Waals surface area (Å²) in [6.45, 7) is 4.10. The van der Waals surface area contributed by atoms with Crippen LogP contribution in [0.2, 0.25) is 0 Å². The Morgan fingerprint density at radius 2 is 1.67 bits per heavy atom. The van der Waals surface area contributed by atoms with Crippen molar-refractivity contribution in [3.63, 3.8) is 0 Å². The number of nitrogens with two attached hydrogens (primary N) is 1. The lowest BCUT2D eigenvalue weighted by Gasteiger charge is -2.37. The summed E-state index contributed by atoms with van der Waals surface area (Å²) in [6.07, 6.45) is 1.59. The average molecular weight is 447 g/mol. The second-order valence-electron chi connectivity index (χ2n) is 8.30. The molecule has 1 saturated heterocycles. The summed E-state index contributed by atoms with van der Waals surface area (Å²) in [5.74, 6) is 0.266. The van der Waals surface area contributed by atoms with Gasteiger partial charge >= 0.3 is 0 Å². The zero-order valence-electron chi connectivity index (χ0n) is 18.2. The van der Waals surface area contributed by atoms with Gasteiger partial charge in [-0.3, -0.25) is 14.5 Å². The number of ketones is 2. The van der Waals surface area contributed by atoms with Crippen molar-refractivity contribution < 1.29 is 19.1 Å². The third kappa shape index (κ3) is 3.77. The molecular weight excluding hydrogens is 420 g/mol. The van der Waals surface area contributed by atoms with Gasteiger partial charge in [-0.1, -0.05) is 24.3 Å². The smallest absolute Gasteiger partial charge is 0.196 e. The van der Waals surface area contributed by atoms with Gasteiger partial charge in [-0.25, -0.2) is 0 Å². The monoisotopic (exact) mass is 446 g/mol. The molecule has 2 aliphatic rings. The lowest BCUT2D eigenvalue weighted by atomic mass is 9.81. The number of anilines is 3. The first-order valence-electron chi connectivity index (χ1n) is 11.1. The summed E-state index contributed by atoms with van der Waals surface area (Å²) in [4.78, 5) is 31.3. The van der Waals surface area contributed by atoms with E-state index in [0.29, 0.717) is 54.2 Å². The highest BCUT2D eigenvalue weighted by Gasteiger charge is 2.35. The van der Waals surface area contributed by atoms with Crippen molar-refractivity contribution in [1.82, 2.24) is 4.90 Å². The maximum Gasteiger partial charge on any atom is 0.196 e. The number of aliphatic hydroxyl groups excluding tert-OH is 1. The Bertz CT molecular complexity index is 1200. The summed E-state index contributed by atoms with van der Waals surface area (Å²) >= 11 is 0. The fourth-order valence-corrected chi connectivity index (χ4v) is 4.65. The fourth-order valence-electron chi connectivity index (χ4n) is 4.65. The van der Waals surface area contributed by atoms with Crippen molar-refractivity contribution in [2.24, 2.45) is 0 Å². The zero-order chi connectivity index (χ0) is 22.9. The molecule has 0 spiro atoms. The van der Waals surface area contributed by atoms with Crippen molar-refractivity contribution in [3.8, 4) is 0 Å². The Balaban J connectivity index is 1.58. The highest BCUT2D eigenvalue weighted by atomic mass is 16.3. The minimum absolute atomic E-state index is 0.123. The van der Waals surface area contributed by atoms with Gasteiger partial charge in [0.25, 0.3) is 0 Å². The molecule has 8 nitrogen and oxygen atoms in total. The van der Waals surface area contributed by atoms with E-state index in [4.69, 9.17) is 10.2 Å². The molecule has 1 fully saturated rings. The molecule has 1 aliphatic heterocycles. The van der Waals surface area contributed by atoms with Crippen LogP contribution in [0.25, 0.3) is 0 Å². The van der Waals surface area contributed by atoms with Crippen LogP contribution in [0.1, 0.15) is 37.6 Å². The Morgan fingerprint density at radius 3 is 2.30 bits per heavy atom. The quantitative estimate of drug-likeness (QED) is 0.387. The lowest BCUT2D eigenvalue weighted by Crippen LogP contribution is -2.47. The molecule has 0 saturated carbocycles. The van der Waals surface area contributed by atoms with E-state index in [1.165, 1.54) is 0 Å². The van der Waals surface area contributed by atoms with Crippen molar-refractivity contribution >= 4 is 28.6 Å². The van der Waals surface area contributed by atoms with Gasteiger partial charge in [-0.2, -0.15) is 0 Å². The van der Waals surface area contributed by atoms with Crippen molar-refractivity contribution in [2.45, 2.75) is 6.54 Å². The van der Waals surface area contributed by atoms with Crippen LogP contribution >= 0.6 is 0 Å². The zero-order valence-corrected chi connectivity index (χ0v) is 18.2. The summed E-state index contributed by atoms with van der Waals surface area (Å²) in [7, 11) is 0. The Hall–Kier alpha value is -3.62. The number of nitrogens with zero attached hydrogens (tertiary/aromatic N) is 2. The molecule has 33 heavy (non-hydrogen) atoms. The Kier molecular flexibility index (Phi) is 5.62. The fraction of sp³-hybridized carbons (Fsp3) is 0.280. The number of furan rings is 1. The Morgan fingerprint density at radius 1 is 0.970 bits per heavy atom. The van der Waals surface area contributed by atoms with Gasteiger partial charge in [0, 0.05) is 49.5 Å². The molecule has 170 valence electrons. The summed E-state index contributed by atoms with van der Waals surface area (Å²) in [5, 5.41) is 12.5. The highest BCUT2D eigenvalue weighted by Crippen LogP contribution is 2.41. The predicted molar refractivity (Wildman–Crippen MR) is 126 cm³/mol. The van der Waals surface area contributed by atoms with Crippen LogP contribution in [0.3, 0.4) is 0 Å². The molecule has 4 N–H and O–H groups in total. The van der Waals surface area contributed by atoms with Crippen LogP contribution < -0.4 is 16.0 Å². The van der Waals surface area contributed by atoms with Crippen LogP contribution in [-0.4, -0.2) is 60.9 Å². The standard InChI is InChI=1S/C25H26N4O4/c26-23-20(29-9-7-28(8-10-29)11-12-30)14-19(27-15-16-4-3-13-33-16)21-22(23)25(32)18-6-2-1-5-17(18)24(21)31/h1-6,13-14,27,30H,7-12,15,26H2.